The van der Waals surface area contributed by atoms with Crippen LogP contribution in [0.3, 0.4) is 0 Å². The lowest BCUT2D eigenvalue weighted by Gasteiger charge is -2.25. The fourth-order valence-electron chi connectivity index (χ4n) is 1.25. The molecule has 5 heteroatoms. The molecular formula is C10H15FO3S. The monoisotopic (exact) mass is 234 g/mol. The van der Waals surface area contributed by atoms with Crippen LogP contribution in [-0.4, -0.2) is 26.4 Å². The molecule has 0 saturated heterocycles. The van der Waals surface area contributed by atoms with Crippen LogP contribution < -0.4 is 0 Å². The summed E-state index contributed by atoms with van der Waals surface area (Å²) in [6.45, 7) is 0.936. The van der Waals surface area contributed by atoms with Crippen LogP contribution in [0.25, 0.3) is 0 Å². The maximum absolute atomic E-state index is 11.8. The van der Waals surface area contributed by atoms with Crippen molar-refractivity contribution in [3.8, 4) is 0 Å². The van der Waals surface area contributed by atoms with E-state index in [0.29, 0.717) is 6.42 Å². The van der Waals surface area contributed by atoms with E-state index in [2.05, 4.69) is 0 Å². The molecule has 3 nitrogen and oxygen atoms in total. The SMILES string of the molecule is CC1(S(=O)(=O)OCCCF)C=CC=CC1. The van der Waals surface area contributed by atoms with Crippen molar-refractivity contribution in [3.05, 3.63) is 24.3 Å². The number of hydrogen-bond acceptors (Lipinski definition) is 3. The van der Waals surface area contributed by atoms with Crippen molar-refractivity contribution < 1.29 is 17.0 Å². The first-order valence-electron chi connectivity index (χ1n) is 4.81. The molecule has 1 aliphatic rings. The molecule has 1 unspecified atom stereocenters. The molecular weight excluding hydrogens is 219 g/mol. The lowest BCUT2D eigenvalue weighted by Crippen LogP contribution is -2.35. The van der Waals surface area contributed by atoms with Crippen LogP contribution >= 0.6 is 0 Å². The quantitative estimate of drug-likeness (QED) is 0.539. The minimum atomic E-state index is -3.66. The second-order valence-corrected chi connectivity index (χ2v) is 5.70. The van der Waals surface area contributed by atoms with E-state index in [9.17, 15) is 12.8 Å². The Morgan fingerprint density at radius 3 is 2.73 bits per heavy atom. The van der Waals surface area contributed by atoms with Gasteiger partial charge in [0.05, 0.1) is 13.3 Å². The number of hydrogen-bond donors (Lipinski definition) is 0. The van der Waals surface area contributed by atoms with Gasteiger partial charge in [0.15, 0.2) is 0 Å². The largest absolute Gasteiger partial charge is 0.276 e. The van der Waals surface area contributed by atoms with Gasteiger partial charge in [-0.2, -0.15) is 8.42 Å². The van der Waals surface area contributed by atoms with Crippen LogP contribution in [0, 0.1) is 0 Å². The highest BCUT2D eigenvalue weighted by molar-refractivity contribution is 7.88. The van der Waals surface area contributed by atoms with E-state index in [4.69, 9.17) is 4.18 Å². The van der Waals surface area contributed by atoms with Gasteiger partial charge in [-0.1, -0.05) is 24.3 Å². The predicted molar refractivity (Wildman–Crippen MR) is 56.8 cm³/mol. The summed E-state index contributed by atoms with van der Waals surface area (Å²) >= 11 is 0. The number of allylic oxidation sites excluding steroid dienone is 3. The zero-order valence-corrected chi connectivity index (χ0v) is 9.47. The summed E-state index contributed by atoms with van der Waals surface area (Å²) in [7, 11) is -3.66. The Morgan fingerprint density at radius 2 is 2.20 bits per heavy atom. The third-order valence-electron chi connectivity index (χ3n) is 2.31. The number of halogens is 1. The third-order valence-corrected chi connectivity index (χ3v) is 4.23. The van der Waals surface area contributed by atoms with Crippen molar-refractivity contribution in [2.45, 2.75) is 24.5 Å². The summed E-state index contributed by atoms with van der Waals surface area (Å²) in [4.78, 5) is 0. The van der Waals surface area contributed by atoms with Gasteiger partial charge in [-0.05, 0) is 13.3 Å². The van der Waals surface area contributed by atoms with Crippen LogP contribution in [0.1, 0.15) is 19.8 Å². The summed E-state index contributed by atoms with van der Waals surface area (Å²) < 4.78 is 39.1. The Kier molecular flexibility index (Phi) is 4.04. The molecule has 0 N–H and O–H groups in total. The highest BCUT2D eigenvalue weighted by atomic mass is 32.2. The molecule has 0 radical (unpaired) electrons. The fraction of sp³-hybridized carbons (Fsp3) is 0.600. The van der Waals surface area contributed by atoms with E-state index in [1.807, 2.05) is 0 Å². The number of rotatable bonds is 5. The summed E-state index contributed by atoms with van der Waals surface area (Å²) in [6, 6.07) is 0. The molecule has 1 atom stereocenters. The van der Waals surface area contributed by atoms with Crippen LogP contribution in [0.2, 0.25) is 0 Å². The summed E-state index contributed by atoms with van der Waals surface area (Å²) in [5.74, 6) is 0. The van der Waals surface area contributed by atoms with E-state index in [1.165, 1.54) is 0 Å². The minimum Gasteiger partial charge on any atom is -0.269 e. The van der Waals surface area contributed by atoms with Crippen LogP contribution in [-0.2, 0) is 14.3 Å². The van der Waals surface area contributed by atoms with Crippen LogP contribution in [0.5, 0.6) is 0 Å². The standard InChI is InChI=1S/C10H15FO3S/c1-10(6-3-2-4-7-10)15(12,13)14-9-5-8-11/h2-4,6H,5,7-9H2,1H3. The molecule has 0 aromatic rings. The van der Waals surface area contributed by atoms with Gasteiger partial charge in [-0.25, -0.2) is 0 Å². The lowest BCUT2D eigenvalue weighted by atomic mass is 10.0. The Labute approximate surface area is 89.8 Å². The zero-order chi connectivity index (χ0) is 11.4. The normalized spacial score (nSPS) is 25.7. The molecule has 0 spiro atoms. The molecule has 0 amide bonds. The van der Waals surface area contributed by atoms with Gasteiger partial charge in [0, 0.05) is 6.42 Å². The van der Waals surface area contributed by atoms with Crippen LogP contribution in [0.15, 0.2) is 24.3 Å². The second-order valence-electron chi connectivity index (χ2n) is 3.62. The summed E-state index contributed by atoms with van der Waals surface area (Å²) in [6.07, 6.45) is 7.34. The van der Waals surface area contributed by atoms with Crippen molar-refractivity contribution in [3.63, 3.8) is 0 Å². The van der Waals surface area contributed by atoms with Gasteiger partial charge in [0.1, 0.15) is 4.75 Å². The molecule has 0 heterocycles. The molecule has 0 aromatic carbocycles. The minimum absolute atomic E-state index is 0.0913. The Bertz CT molecular complexity index is 359. The molecule has 0 aliphatic heterocycles. The zero-order valence-electron chi connectivity index (χ0n) is 8.65. The summed E-state index contributed by atoms with van der Waals surface area (Å²) in [5, 5.41) is 0. The van der Waals surface area contributed by atoms with Gasteiger partial charge in [-0.15, -0.1) is 0 Å². The van der Waals surface area contributed by atoms with Gasteiger partial charge in [0.2, 0.25) is 0 Å². The average Bonchev–Trinajstić information content (AvgIpc) is 2.19. The van der Waals surface area contributed by atoms with Gasteiger partial charge >= 0.3 is 0 Å². The molecule has 1 rings (SSSR count). The average molecular weight is 234 g/mol. The predicted octanol–water partition coefficient (Wildman–Crippen LogP) is 1.97. The molecule has 86 valence electrons. The van der Waals surface area contributed by atoms with E-state index >= 15 is 0 Å². The van der Waals surface area contributed by atoms with Crippen molar-refractivity contribution in [1.82, 2.24) is 0 Å². The first-order chi connectivity index (χ1) is 7.02. The molecule has 0 fully saturated rings. The fourth-order valence-corrected chi connectivity index (χ4v) is 2.40. The highest BCUT2D eigenvalue weighted by Crippen LogP contribution is 2.28. The molecule has 15 heavy (non-hydrogen) atoms. The van der Waals surface area contributed by atoms with Crippen molar-refractivity contribution in [1.29, 1.82) is 0 Å². The van der Waals surface area contributed by atoms with Crippen LogP contribution in [0.4, 0.5) is 4.39 Å². The lowest BCUT2D eigenvalue weighted by molar-refractivity contribution is 0.283. The van der Waals surface area contributed by atoms with E-state index in [1.54, 1.807) is 31.2 Å². The van der Waals surface area contributed by atoms with E-state index in [0.717, 1.165) is 0 Å². The molecule has 1 aliphatic carbocycles. The van der Waals surface area contributed by atoms with Gasteiger partial charge in [-0.3, -0.25) is 8.57 Å². The van der Waals surface area contributed by atoms with E-state index < -0.39 is 21.5 Å². The maximum Gasteiger partial charge on any atom is 0.276 e. The van der Waals surface area contributed by atoms with Crippen molar-refractivity contribution in [2.24, 2.45) is 0 Å². The second kappa shape index (κ2) is 4.90. The van der Waals surface area contributed by atoms with Crippen molar-refractivity contribution in [2.75, 3.05) is 13.3 Å². The number of alkyl halides is 1. The molecule has 0 aromatic heterocycles. The van der Waals surface area contributed by atoms with E-state index in [-0.39, 0.29) is 13.0 Å². The highest BCUT2D eigenvalue weighted by Gasteiger charge is 2.37. The molecule has 0 saturated carbocycles. The first-order valence-corrected chi connectivity index (χ1v) is 6.22. The molecule has 0 bridgehead atoms. The van der Waals surface area contributed by atoms with Gasteiger partial charge < -0.3 is 0 Å². The summed E-state index contributed by atoms with van der Waals surface area (Å²) in [5.41, 5.74) is 0. The van der Waals surface area contributed by atoms with Gasteiger partial charge in [0.25, 0.3) is 10.1 Å². The topological polar surface area (TPSA) is 43.4 Å². The Balaban J connectivity index is 2.68. The Morgan fingerprint density at radius 1 is 1.47 bits per heavy atom. The maximum atomic E-state index is 11.8. The third kappa shape index (κ3) is 2.89. The van der Waals surface area contributed by atoms with Crippen molar-refractivity contribution >= 4 is 10.1 Å². The Hall–Kier alpha value is -0.680. The first kappa shape index (κ1) is 12.4. The smallest absolute Gasteiger partial charge is 0.269 e.